The Labute approximate surface area is 156 Å². The van der Waals surface area contributed by atoms with Gasteiger partial charge in [-0.05, 0) is 17.7 Å². The van der Waals surface area contributed by atoms with Crippen LogP contribution >= 0.6 is 0 Å². The number of carboxylic acid groups (broad SMARTS) is 1. The van der Waals surface area contributed by atoms with Gasteiger partial charge in [0.05, 0.1) is 39.9 Å². The van der Waals surface area contributed by atoms with Gasteiger partial charge in [-0.1, -0.05) is 12.2 Å². The van der Waals surface area contributed by atoms with E-state index in [-0.39, 0.29) is 5.91 Å². The lowest BCUT2D eigenvalue weighted by Crippen LogP contribution is -2.39. The zero-order valence-corrected chi connectivity index (χ0v) is 15.3. The number of carboxylic acids is 1. The van der Waals surface area contributed by atoms with Crippen molar-refractivity contribution >= 4 is 11.9 Å². The lowest BCUT2D eigenvalue weighted by atomic mass is 9.77. The maximum Gasteiger partial charge on any atom is 0.310 e. The van der Waals surface area contributed by atoms with Gasteiger partial charge in [-0.2, -0.15) is 0 Å². The van der Waals surface area contributed by atoms with Crippen LogP contribution in [-0.2, 0) is 20.9 Å². The molecule has 0 aromatic heterocycles. The summed E-state index contributed by atoms with van der Waals surface area (Å²) in [7, 11) is 4.58. The molecule has 3 aliphatic rings. The predicted octanol–water partition coefficient (Wildman–Crippen LogP) is 1.08. The Morgan fingerprint density at radius 2 is 1.93 bits per heavy atom. The second-order valence-electron chi connectivity index (χ2n) is 6.97. The molecule has 1 amide bonds. The summed E-state index contributed by atoms with van der Waals surface area (Å²) in [6.45, 7) is 0.617. The van der Waals surface area contributed by atoms with Gasteiger partial charge in [-0.3, -0.25) is 9.59 Å². The van der Waals surface area contributed by atoms with Crippen molar-refractivity contribution in [3.8, 4) is 17.2 Å². The number of carbonyl (C=O) groups is 2. The summed E-state index contributed by atoms with van der Waals surface area (Å²) in [5, 5.41) is 9.54. The van der Waals surface area contributed by atoms with E-state index in [0.717, 1.165) is 5.56 Å². The van der Waals surface area contributed by atoms with Crippen molar-refractivity contribution < 1.29 is 33.6 Å². The maximum absolute atomic E-state index is 13.0. The van der Waals surface area contributed by atoms with Gasteiger partial charge in [0.15, 0.2) is 11.5 Å². The van der Waals surface area contributed by atoms with Crippen LogP contribution in [0.3, 0.4) is 0 Å². The van der Waals surface area contributed by atoms with Gasteiger partial charge in [0.1, 0.15) is 11.5 Å². The van der Waals surface area contributed by atoms with Crippen LogP contribution in [0.25, 0.3) is 0 Å². The van der Waals surface area contributed by atoms with Crippen LogP contribution in [0, 0.1) is 11.8 Å². The highest BCUT2D eigenvalue weighted by molar-refractivity contribution is 5.90. The van der Waals surface area contributed by atoms with Crippen molar-refractivity contribution in [3.05, 3.63) is 29.8 Å². The molecule has 0 radical (unpaired) electrons. The average Bonchev–Trinajstić information content (AvgIpc) is 3.29. The summed E-state index contributed by atoms with van der Waals surface area (Å²) in [6, 6.07) is 3.56. The third-order valence-electron chi connectivity index (χ3n) is 5.56. The normalized spacial score (nSPS) is 30.6. The molecule has 2 fully saturated rings. The Balaban J connectivity index is 1.63. The first-order valence-electron chi connectivity index (χ1n) is 8.61. The minimum atomic E-state index is -1.00. The molecule has 2 saturated heterocycles. The number of nitrogens with zero attached hydrogens (tertiary/aromatic N) is 1. The number of benzene rings is 1. The monoisotopic (exact) mass is 375 g/mol. The van der Waals surface area contributed by atoms with Crippen molar-refractivity contribution in [1.29, 1.82) is 0 Å². The van der Waals surface area contributed by atoms with E-state index in [1.54, 1.807) is 23.1 Å². The lowest BCUT2D eigenvalue weighted by Gasteiger charge is -2.22. The SMILES string of the molecule is COc1cc(CN2C[C@]34C=C[C@@H](O3)[C@H](C(=O)O)[C@@H]4C2=O)cc(OC)c1OC. The maximum atomic E-state index is 13.0. The molecule has 2 bridgehead atoms. The Bertz CT molecular complexity index is 810. The molecule has 3 heterocycles. The topological polar surface area (TPSA) is 94.5 Å². The van der Waals surface area contributed by atoms with Crippen LogP contribution in [0.2, 0.25) is 0 Å². The molecular formula is C19H21NO7. The van der Waals surface area contributed by atoms with Crippen molar-refractivity contribution in [1.82, 2.24) is 4.90 Å². The van der Waals surface area contributed by atoms with Gasteiger partial charge in [0.2, 0.25) is 11.7 Å². The molecule has 1 aromatic carbocycles. The highest BCUT2D eigenvalue weighted by Gasteiger charge is 2.66. The minimum absolute atomic E-state index is 0.206. The molecule has 8 nitrogen and oxygen atoms in total. The lowest BCUT2D eigenvalue weighted by molar-refractivity contribution is -0.148. The fourth-order valence-electron chi connectivity index (χ4n) is 4.44. The van der Waals surface area contributed by atoms with Gasteiger partial charge in [-0.15, -0.1) is 0 Å². The number of amides is 1. The van der Waals surface area contributed by atoms with Crippen molar-refractivity contribution in [2.45, 2.75) is 18.2 Å². The molecule has 4 atom stereocenters. The van der Waals surface area contributed by atoms with E-state index in [1.807, 2.05) is 6.08 Å². The summed E-state index contributed by atoms with van der Waals surface area (Å²) in [5.41, 5.74) is -0.0505. The molecule has 8 heteroatoms. The number of hydrogen-bond acceptors (Lipinski definition) is 6. The van der Waals surface area contributed by atoms with Crippen LogP contribution in [0.4, 0.5) is 0 Å². The molecule has 4 rings (SSSR count). The molecular weight excluding hydrogens is 354 g/mol. The van der Waals surface area contributed by atoms with E-state index in [2.05, 4.69) is 0 Å². The van der Waals surface area contributed by atoms with E-state index in [0.29, 0.717) is 30.3 Å². The van der Waals surface area contributed by atoms with Gasteiger partial charge >= 0.3 is 5.97 Å². The van der Waals surface area contributed by atoms with Crippen molar-refractivity contribution in [3.63, 3.8) is 0 Å². The van der Waals surface area contributed by atoms with Crippen molar-refractivity contribution in [2.75, 3.05) is 27.9 Å². The number of methoxy groups -OCH3 is 3. The van der Waals surface area contributed by atoms with Crippen LogP contribution in [-0.4, -0.2) is 61.5 Å². The Morgan fingerprint density at radius 1 is 1.26 bits per heavy atom. The van der Waals surface area contributed by atoms with Crippen molar-refractivity contribution in [2.24, 2.45) is 11.8 Å². The molecule has 0 unspecified atom stereocenters. The Hall–Kier alpha value is -2.74. The summed E-state index contributed by atoms with van der Waals surface area (Å²) in [5.74, 6) is -1.26. The number of hydrogen-bond donors (Lipinski definition) is 1. The van der Waals surface area contributed by atoms with E-state index < -0.39 is 29.5 Å². The second-order valence-corrected chi connectivity index (χ2v) is 6.97. The van der Waals surface area contributed by atoms with E-state index >= 15 is 0 Å². The smallest absolute Gasteiger partial charge is 0.310 e. The number of aliphatic carboxylic acids is 1. The highest BCUT2D eigenvalue weighted by atomic mass is 16.5. The van der Waals surface area contributed by atoms with E-state index in [1.165, 1.54) is 21.3 Å². The van der Waals surface area contributed by atoms with Gasteiger partial charge in [0, 0.05) is 6.54 Å². The predicted molar refractivity (Wildman–Crippen MR) is 92.9 cm³/mol. The van der Waals surface area contributed by atoms with Crippen LogP contribution in [0.1, 0.15) is 5.56 Å². The van der Waals surface area contributed by atoms with E-state index in [4.69, 9.17) is 18.9 Å². The number of rotatable bonds is 6. The fraction of sp³-hybridized carbons (Fsp3) is 0.474. The third kappa shape index (κ3) is 2.47. The zero-order valence-electron chi connectivity index (χ0n) is 15.3. The largest absolute Gasteiger partial charge is 0.493 e. The van der Waals surface area contributed by atoms with Crippen LogP contribution in [0.15, 0.2) is 24.3 Å². The molecule has 0 saturated carbocycles. The molecule has 1 N–H and O–H groups in total. The summed E-state index contributed by atoms with van der Waals surface area (Å²) in [6.07, 6.45) is 3.07. The molecule has 3 aliphatic heterocycles. The standard InChI is InChI=1S/C19H21NO7/c1-24-12-6-10(7-13(25-2)16(12)26-3)8-20-9-19-5-4-11(27-19)14(18(22)23)15(19)17(20)21/h4-7,11,14-15H,8-9H2,1-3H3,(H,22,23)/t11-,14+,15-,19+/m1/s1. The quantitative estimate of drug-likeness (QED) is 0.744. The average molecular weight is 375 g/mol. The molecule has 27 heavy (non-hydrogen) atoms. The highest BCUT2D eigenvalue weighted by Crippen LogP contribution is 2.52. The first kappa shape index (κ1) is 17.7. The summed E-state index contributed by atoms with van der Waals surface area (Å²) >= 11 is 0. The molecule has 0 aliphatic carbocycles. The molecule has 1 aromatic rings. The first-order chi connectivity index (χ1) is 12.9. The Morgan fingerprint density at radius 3 is 2.48 bits per heavy atom. The van der Waals surface area contributed by atoms with Crippen LogP contribution < -0.4 is 14.2 Å². The van der Waals surface area contributed by atoms with Gasteiger partial charge in [0.25, 0.3) is 0 Å². The third-order valence-corrected chi connectivity index (χ3v) is 5.56. The fourth-order valence-corrected chi connectivity index (χ4v) is 4.44. The molecule has 1 spiro atoms. The number of likely N-dealkylation sites (tertiary alicyclic amines) is 1. The Kier molecular flexibility index (Phi) is 4.03. The van der Waals surface area contributed by atoms with E-state index in [9.17, 15) is 14.7 Å². The minimum Gasteiger partial charge on any atom is -0.493 e. The van der Waals surface area contributed by atoms with Gasteiger partial charge in [-0.25, -0.2) is 0 Å². The number of carbonyl (C=O) groups excluding carboxylic acids is 1. The first-order valence-corrected chi connectivity index (χ1v) is 8.61. The number of fused-ring (bicyclic) bond motifs is 1. The van der Waals surface area contributed by atoms with Gasteiger partial charge < -0.3 is 29.0 Å². The summed E-state index contributed by atoms with van der Waals surface area (Å²) in [4.78, 5) is 26.3. The summed E-state index contributed by atoms with van der Waals surface area (Å²) < 4.78 is 21.9. The second kappa shape index (κ2) is 6.16. The zero-order chi connectivity index (χ0) is 19.3. The van der Waals surface area contributed by atoms with Crippen LogP contribution in [0.5, 0.6) is 17.2 Å². The number of ether oxygens (including phenoxy) is 4. The molecule has 144 valence electrons.